The fraction of sp³-hybridized carbons (Fsp3) is 0.179. The molecule has 0 fully saturated rings. The monoisotopic (exact) mass is 565 g/mol. The molecule has 1 aromatic heterocycles. The van der Waals surface area contributed by atoms with Crippen LogP contribution in [0.5, 0.6) is 23.0 Å². The molecule has 0 unspecified atom stereocenters. The van der Waals surface area contributed by atoms with Crippen LogP contribution in [0.1, 0.15) is 16.8 Å². The SMILES string of the molecule is COc1c(Oc2cc(C(F)(F)F)c(F)cc2-c2nc(C)cc(OCc3ccccc3)c2SC)ccc(F)c1F. The maximum atomic E-state index is 14.8. The van der Waals surface area contributed by atoms with E-state index >= 15 is 0 Å². The smallest absolute Gasteiger partial charge is 0.419 e. The van der Waals surface area contributed by atoms with Crippen LogP contribution in [0.25, 0.3) is 11.3 Å². The molecule has 0 N–H and O–H groups in total. The van der Waals surface area contributed by atoms with Gasteiger partial charge in [-0.2, -0.15) is 17.6 Å². The summed E-state index contributed by atoms with van der Waals surface area (Å²) in [6, 6.07) is 13.7. The highest BCUT2D eigenvalue weighted by atomic mass is 32.2. The highest BCUT2D eigenvalue weighted by molar-refractivity contribution is 7.98. The van der Waals surface area contributed by atoms with Crippen LogP contribution in [-0.2, 0) is 12.8 Å². The number of aryl methyl sites for hydroxylation is 1. The van der Waals surface area contributed by atoms with Crippen molar-refractivity contribution in [3.8, 4) is 34.3 Å². The fourth-order valence-corrected chi connectivity index (χ4v) is 4.47. The number of methoxy groups -OCH3 is 1. The van der Waals surface area contributed by atoms with E-state index in [0.29, 0.717) is 28.5 Å². The number of thioether (sulfide) groups is 1. The van der Waals surface area contributed by atoms with Gasteiger partial charge >= 0.3 is 6.18 Å². The average molecular weight is 566 g/mol. The molecule has 0 aliphatic carbocycles. The molecule has 11 heteroatoms. The maximum absolute atomic E-state index is 14.8. The van der Waals surface area contributed by atoms with E-state index < -0.39 is 46.4 Å². The number of rotatable bonds is 8. The zero-order valence-corrected chi connectivity index (χ0v) is 21.6. The molecule has 0 aliphatic heterocycles. The Hall–Kier alpha value is -3.86. The Morgan fingerprint density at radius 1 is 0.872 bits per heavy atom. The molecule has 0 radical (unpaired) electrons. The number of alkyl halides is 3. The second kappa shape index (κ2) is 11.5. The van der Waals surface area contributed by atoms with E-state index in [0.717, 1.165) is 24.8 Å². The van der Waals surface area contributed by atoms with Gasteiger partial charge in [0.2, 0.25) is 11.6 Å². The van der Waals surface area contributed by atoms with E-state index in [2.05, 4.69) is 4.98 Å². The number of aromatic nitrogens is 1. The molecule has 0 amide bonds. The van der Waals surface area contributed by atoms with E-state index in [1.807, 2.05) is 30.3 Å². The molecule has 39 heavy (non-hydrogen) atoms. The van der Waals surface area contributed by atoms with E-state index in [1.54, 1.807) is 19.2 Å². The average Bonchev–Trinajstić information content (AvgIpc) is 2.90. The van der Waals surface area contributed by atoms with Crippen molar-refractivity contribution >= 4 is 11.8 Å². The van der Waals surface area contributed by atoms with Crippen LogP contribution in [0.15, 0.2) is 65.6 Å². The first-order chi connectivity index (χ1) is 18.5. The first-order valence-corrected chi connectivity index (χ1v) is 12.6. The van der Waals surface area contributed by atoms with Crippen molar-refractivity contribution in [2.75, 3.05) is 13.4 Å². The van der Waals surface area contributed by atoms with Gasteiger partial charge in [0.15, 0.2) is 11.6 Å². The molecule has 4 nitrogen and oxygen atoms in total. The van der Waals surface area contributed by atoms with Gasteiger partial charge in [0.1, 0.15) is 23.9 Å². The molecule has 0 saturated heterocycles. The van der Waals surface area contributed by atoms with Crippen molar-refractivity contribution in [3.05, 3.63) is 94.9 Å². The zero-order chi connectivity index (χ0) is 28.3. The van der Waals surface area contributed by atoms with E-state index in [9.17, 15) is 26.3 Å². The van der Waals surface area contributed by atoms with Crippen LogP contribution < -0.4 is 14.2 Å². The predicted octanol–water partition coefficient (Wildman–Crippen LogP) is 8.59. The van der Waals surface area contributed by atoms with E-state index in [1.165, 1.54) is 11.8 Å². The third-order valence-corrected chi connectivity index (χ3v) is 6.38. The van der Waals surface area contributed by atoms with Gasteiger partial charge in [-0.1, -0.05) is 30.3 Å². The molecule has 3 aromatic carbocycles. The highest BCUT2D eigenvalue weighted by Crippen LogP contribution is 2.46. The Labute approximate surface area is 224 Å². The molecule has 4 rings (SSSR count). The van der Waals surface area contributed by atoms with Gasteiger partial charge in [-0.25, -0.2) is 8.78 Å². The maximum Gasteiger partial charge on any atom is 0.419 e. The molecule has 0 bridgehead atoms. The summed E-state index contributed by atoms with van der Waals surface area (Å²) in [5.41, 5.74) is -0.389. The summed E-state index contributed by atoms with van der Waals surface area (Å²) in [7, 11) is 1.04. The van der Waals surface area contributed by atoms with Gasteiger partial charge in [0, 0.05) is 17.3 Å². The molecule has 0 atom stereocenters. The van der Waals surface area contributed by atoms with Crippen molar-refractivity contribution in [2.45, 2.75) is 24.6 Å². The quantitative estimate of drug-likeness (QED) is 0.158. The number of hydrogen-bond acceptors (Lipinski definition) is 5. The van der Waals surface area contributed by atoms with Crippen LogP contribution in [0.2, 0.25) is 0 Å². The number of hydrogen-bond donors (Lipinski definition) is 0. The van der Waals surface area contributed by atoms with Gasteiger partial charge in [-0.3, -0.25) is 4.98 Å². The summed E-state index contributed by atoms with van der Waals surface area (Å²) in [4.78, 5) is 4.85. The molecule has 0 spiro atoms. The van der Waals surface area contributed by atoms with Crippen LogP contribution in [0.3, 0.4) is 0 Å². The van der Waals surface area contributed by atoms with Crippen molar-refractivity contribution < 1.29 is 40.6 Å². The van der Waals surface area contributed by atoms with Gasteiger partial charge in [-0.15, -0.1) is 11.8 Å². The minimum Gasteiger partial charge on any atom is -0.490 e. The number of halogens is 6. The minimum absolute atomic E-state index is 0.0785. The van der Waals surface area contributed by atoms with Gasteiger partial charge in [0.25, 0.3) is 0 Å². The largest absolute Gasteiger partial charge is 0.490 e. The second-order valence-electron chi connectivity index (χ2n) is 8.24. The lowest BCUT2D eigenvalue weighted by atomic mass is 10.0. The number of pyridine rings is 1. The molecular formula is C28H21F6NO3S. The summed E-state index contributed by atoms with van der Waals surface area (Å²) < 4.78 is 100. The summed E-state index contributed by atoms with van der Waals surface area (Å²) in [6.45, 7) is 1.83. The first kappa shape index (κ1) is 28.2. The minimum atomic E-state index is -5.06. The van der Waals surface area contributed by atoms with Crippen molar-refractivity contribution in [1.82, 2.24) is 4.98 Å². The van der Waals surface area contributed by atoms with Crippen molar-refractivity contribution in [2.24, 2.45) is 0 Å². The molecule has 0 aliphatic rings. The van der Waals surface area contributed by atoms with Gasteiger partial charge in [-0.05, 0) is 43.0 Å². The third-order valence-electron chi connectivity index (χ3n) is 5.58. The van der Waals surface area contributed by atoms with Crippen LogP contribution >= 0.6 is 11.8 Å². The normalized spacial score (nSPS) is 11.4. The summed E-state index contributed by atoms with van der Waals surface area (Å²) in [5.74, 6) is -5.45. The molecule has 1 heterocycles. The van der Waals surface area contributed by atoms with Crippen LogP contribution in [0.4, 0.5) is 26.3 Å². The summed E-state index contributed by atoms with van der Waals surface area (Å²) in [6.07, 6.45) is -3.37. The topological polar surface area (TPSA) is 40.6 Å². The Kier molecular flexibility index (Phi) is 8.29. The van der Waals surface area contributed by atoms with Crippen LogP contribution in [-0.4, -0.2) is 18.3 Å². The van der Waals surface area contributed by atoms with Crippen molar-refractivity contribution in [3.63, 3.8) is 0 Å². The fourth-order valence-electron chi connectivity index (χ4n) is 3.80. The summed E-state index contributed by atoms with van der Waals surface area (Å²) >= 11 is 1.18. The van der Waals surface area contributed by atoms with Crippen molar-refractivity contribution in [1.29, 1.82) is 0 Å². The number of nitrogens with zero attached hydrogens (tertiary/aromatic N) is 1. The molecule has 204 valence electrons. The van der Waals surface area contributed by atoms with Gasteiger partial charge < -0.3 is 14.2 Å². The second-order valence-corrected chi connectivity index (χ2v) is 9.06. The molecule has 0 saturated carbocycles. The Morgan fingerprint density at radius 3 is 2.23 bits per heavy atom. The lowest BCUT2D eigenvalue weighted by molar-refractivity contribution is -0.140. The predicted molar refractivity (Wildman–Crippen MR) is 135 cm³/mol. The Bertz CT molecular complexity index is 1500. The first-order valence-electron chi connectivity index (χ1n) is 11.4. The van der Waals surface area contributed by atoms with E-state index in [4.69, 9.17) is 14.2 Å². The summed E-state index contributed by atoms with van der Waals surface area (Å²) in [5, 5.41) is 0. The lowest BCUT2D eigenvalue weighted by Gasteiger charge is -2.20. The van der Waals surface area contributed by atoms with Crippen LogP contribution in [0, 0.1) is 24.4 Å². The lowest BCUT2D eigenvalue weighted by Crippen LogP contribution is -2.09. The number of ether oxygens (including phenoxy) is 3. The highest BCUT2D eigenvalue weighted by Gasteiger charge is 2.36. The van der Waals surface area contributed by atoms with E-state index in [-0.39, 0.29) is 17.9 Å². The molecule has 4 aromatic rings. The van der Waals surface area contributed by atoms with Gasteiger partial charge in [0.05, 0.1) is 23.3 Å². The third kappa shape index (κ3) is 6.08. The standard InChI is InChI=1S/C28H21F6NO3S/c1-15-11-23(37-14-16-7-5-4-6-8-16)27(39-3)25(35-15)17-12-20(30)18(28(32,33)34)13-22(17)38-21-10-9-19(29)24(31)26(21)36-2/h4-13H,14H2,1-3H3. The Morgan fingerprint density at radius 2 is 1.59 bits per heavy atom. The number of benzene rings is 3. The Balaban J connectivity index is 1.89. The zero-order valence-electron chi connectivity index (χ0n) is 20.8. The molecular weight excluding hydrogens is 544 g/mol.